The van der Waals surface area contributed by atoms with Crippen molar-refractivity contribution in [2.75, 3.05) is 13.2 Å². The molecule has 0 aromatic heterocycles. The van der Waals surface area contributed by atoms with Gasteiger partial charge in [-0.1, -0.05) is 36.1 Å². The van der Waals surface area contributed by atoms with Gasteiger partial charge in [-0.3, -0.25) is 9.59 Å². The van der Waals surface area contributed by atoms with Gasteiger partial charge in [-0.2, -0.15) is 0 Å². The molecule has 0 fully saturated rings. The molecule has 0 saturated heterocycles. The third-order valence-corrected chi connectivity index (χ3v) is 3.03. The minimum atomic E-state index is -0.589. The number of benzene rings is 2. The Morgan fingerprint density at radius 1 is 1.04 bits per heavy atom. The molecule has 0 aliphatic carbocycles. The predicted octanol–water partition coefficient (Wildman–Crippen LogP) is 1.74. The van der Waals surface area contributed by atoms with Crippen molar-refractivity contribution in [2.45, 2.75) is 0 Å². The van der Waals surface area contributed by atoms with E-state index in [1.165, 1.54) is 18.2 Å². The topological polar surface area (TPSA) is 81.4 Å². The summed E-state index contributed by atoms with van der Waals surface area (Å²) in [6.07, 6.45) is 0. The molecule has 0 aliphatic rings. The molecule has 2 amide bonds. The molecule has 3 N–H and O–H groups in total. The molecule has 6 heteroatoms. The van der Waals surface area contributed by atoms with E-state index in [0.29, 0.717) is 5.75 Å². The van der Waals surface area contributed by atoms with E-state index in [1.54, 1.807) is 30.3 Å². The number of primary amides is 1. The van der Waals surface area contributed by atoms with Crippen LogP contribution < -0.4 is 15.8 Å². The molecule has 2 aromatic rings. The first-order valence-electron chi connectivity index (χ1n) is 7.09. The van der Waals surface area contributed by atoms with Gasteiger partial charge in [0.2, 0.25) is 0 Å². The fourth-order valence-corrected chi connectivity index (χ4v) is 1.89. The fraction of sp³-hybridized carbons (Fsp3) is 0.111. The number of hydrogen-bond donors (Lipinski definition) is 2. The molecule has 0 spiro atoms. The van der Waals surface area contributed by atoms with Crippen molar-refractivity contribution in [3.05, 3.63) is 65.5 Å². The minimum absolute atomic E-state index is 0.0276. The van der Waals surface area contributed by atoms with Gasteiger partial charge in [0, 0.05) is 0 Å². The van der Waals surface area contributed by atoms with Crippen LogP contribution in [-0.4, -0.2) is 25.0 Å². The quantitative estimate of drug-likeness (QED) is 0.821. The van der Waals surface area contributed by atoms with Crippen molar-refractivity contribution in [3.8, 4) is 17.6 Å². The summed E-state index contributed by atoms with van der Waals surface area (Å²) in [5, 5.41) is 2.49. The number of hydrogen-bond acceptors (Lipinski definition) is 3. The first-order valence-corrected chi connectivity index (χ1v) is 7.09. The first kappa shape index (κ1) is 17.0. The SMILES string of the molecule is NC(=O)c1ccccc1OCC#CCNC(=O)c1ccccc1F. The van der Waals surface area contributed by atoms with Crippen molar-refractivity contribution < 1.29 is 18.7 Å². The normalized spacial score (nSPS) is 9.54. The number of amides is 2. The third kappa shape index (κ3) is 4.58. The maximum atomic E-state index is 13.4. The van der Waals surface area contributed by atoms with Crippen LogP contribution in [0.1, 0.15) is 20.7 Å². The molecule has 5 nitrogen and oxygen atoms in total. The molecule has 24 heavy (non-hydrogen) atoms. The highest BCUT2D eigenvalue weighted by atomic mass is 19.1. The van der Waals surface area contributed by atoms with Gasteiger partial charge in [0.25, 0.3) is 11.8 Å². The highest BCUT2D eigenvalue weighted by Crippen LogP contribution is 2.16. The Morgan fingerprint density at radius 3 is 2.42 bits per heavy atom. The van der Waals surface area contributed by atoms with E-state index in [1.807, 2.05) is 0 Å². The van der Waals surface area contributed by atoms with E-state index < -0.39 is 17.6 Å². The van der Waals surface area contributed by atoms with Crippen molar-refractivity contribution in [2.24, 2.45) is 5.73 Å². The van der Waals surface area contributed by atoms with Gasteiger partial charge >= 0.3 is 0 Å². The standard InChI is InChI=1S/C18H15FN2O3/c19-15-9-3-1-7-13(15)18(23)21-11-5-6-12-24-16-10-4-2-8-14(16)17(20)22/h1-4,7-10H,11-12H2,(H2,20,22)(H,21,23). The second-order valence-electron chi connectivity index (χ2n) is 4.67. The van der Waals surface area contributed by atoms with Crippen LogP contribution >= 0.6 is 0 Å². The van der Waals surface area contributed by atoms with Crippen molar-refractivity contribution in [3.63, 3.8) is 0 Å². The Hall–Kier alpha value is -3.33. The lowest BCUT2D eigenvalue weighted by molar-refractivity contribution is 0.0953. The Bertz CT molecular complexity index is 809. The second kappa shape index (κ2) is 8.34. The van der Waals surface area contributed by atoms with Gasteiger partial charge in [0.1, 0.15) is 18.2 Å². The summed E-state index contributed by atoms with van der Waals surface area (Å²) in [4.78, 5) is 23.0. The molecule has 0 unspecified atom stereocenters. The van der Waals surface area contributed by atoms with E-state index in [4.69, 9.17) is 10.5 Å². The summed E-state index contributed by atoms with van der Waals surface area (Å²) in [6, 6.07) is 12.2. The maximum Gasteiger partial charge on any atom is 0.255 e. The third-order valence-electron chi connectivity index (χ3n) is 3.03. The van der Waals surface area contributed by atoms with Crippen molar-refractivity contribution in [1.82, 2.24) is 5.32 Å². The summed E-state index contributed by atoms with van der Waals surface area (Å²) in [5.74, 6) is 3.99. The molecule has 0 heterocycles. The average molecular weight is 326 g/mol. The Balaban J connectivity index is 1.82. The molecular weight excluding hydrogens is 311 g/mol. The monoisotopic (exact) mass is 326 g/mol. The number of carbonyl (C=O) groups is 2. The first-order chi connectivity index (χ1) is 11.6. The largest absolute Gasteiger partial charge is 0.480 e. The zero-order valence-corrected chi connectivity index (χ0v) is 12.7. The number of ether oxygens (including phenoxy) is 1. The van der Waals surface area contributed by atoms with E-state index in [0.717, 1.165) is 0 Å². The van der Waals surface area contributed by atoms with Gasteiger partial charge in [0.15, 0.2) is 0 Å². The van der Waals surface area contributed by atoms with Gasteiger partial charge in [-0.15, -0.1) is 0 Å². The number of nitrogens with one attached hydrogen (secondary N) is 1. The summed E-state index contributed by atoms with van der Waals surface area (Å²) < 4.78 is 18.8. The smallest absolute Gasteiger partial charge is 0.255 e. The van der Waals surface area contributed by atoms with E-state index in [9.17, 15) is 14.0 Å². The van der Waals surface area contributed by atoms with Gasteiger partial charge in [-0.25, -0.2) is 4.39 Å². The number of halogens is 1. The molecule has 122 valence electrons. The minimum Gasteiger partial charge on any atom is -0.480 e. The van der Waals surface area contributed by atoms with E-state index in [-0.39, 0.29) is 24.3 Å². The van der Waals surface area contributed by atoms with Crippen LogP contribution in [0.3, 0.4) is 0 Å². The lowest BCUT2D eigenvalue weighted by Crippen LogP contribution is -2.24. The zero-order chi connectivity index (χ0) is 17.4. The lowest BCUT2D eigenvalue weighted by Gasteiger charge is -2.05. The Kier molecular flexibility index (Phi) is 5.92. The van der Waals surface area contributed by atoms with Crippen LogP contribution in [0, 0.1) is 17.7 Å². The van der Waals surface area contributed by atoms with Crippen molar-refractivity contribution in [1.29, 1.82) is 0 Å². The summed E-state index contributed by atoms with van der Waals surface area (Å²) in [6.45, 7) is 0.0772. The van der Waals surface area contributed by atoms with Crippen LogP contribution in [0.4, 0.5) is 4.39 Å². The summed E-state index contributed by atoms with van der Waals surface area (Å²) in [5.41, 5.74) is 5.47. The highest BCUT2D eigenvalue weighted by molar-refractivity contribution is 5.95. The van der Waals surface area contributed by atoms with Crippen LogP contribution in [0.15, 0.2) is 48.5 Å². The van der Waals surface area contributed by atoms with Gasteiger partial charge < -0.3 is 15.8 Å². The molecule has 0 bridgehead atoms. The van der Waals surface area contributed by atoms with Crippen LogP contribution in [0.5, 0.6) is 5.75 Å². The van der Waals surface area contributed by atoms with Gasteiger partial charge in [-0.05, 0) is 24.3 Å². The average Bonchev–Trinajstić information content (AvgIpc) is 2.58. The number of nitrogens with two attached hydrogens (primary N) is 1. The molecule has 0 saturated carbocycles. The van der Waals surface area contributed by atoms with Gasteiger partial charge in [0.05, 0.1) is 17.7 Å². The zero-order valence-electron chi connectivity index (χ0n) is 12.7. The molecule has 0 radical (unpaired) electrons. The maximum absolute atomic E-state index is 13.4. The van der Waals surface area contributed by atoms with Crippen LogP contribution in [-0.2, 0) is 0 Å². The number of carbonyl (C=O) groups excluding carboxylic acids is 2. The van der Waals surface area contributed by atoms with Crippen molar-refractivity contribution >= 4 is 11.8 Å². The number of rotatable bonds is 5. The molecule has 0 atom stereocenters. The Morgan fingerprint density at radius 2 is 1.71 bits per heavy atom. The van der Waals surface area contributed by atoms with E-state index in [2.05, 4.69) is 17.2 Å². The molecule has 0 aliphatic heterocycles. The Labute approximate surface area is 138 Å². The fourth-order valence-electron chi connectivity index (χ4n) is 1.89. The lowest BCUT2D eigenvalue weighted by atomic mass is 10.2. The summed E-state index contributed by atoms with van der Waals surface area (Å²) in [7, 11) is 0. The molecule has 2 rings (SSSR count). The number of para-hydroxylation sites is 1. The highest BCUT2D eigenvalue weighted by Gasteiger charge is 2.09. The molecule has 2 aromatic carbocycles. The van der Waals surface area contributed by atoms with Crippen LogP contribution in [0.2, 0.25) is 0 Å². The van der Waals surface area contributed by atoms with Crippen LogP contribution in [0.25, 0.3) is 0 Å². The van der Waals surface area contributed by atoms with E-state index >= 15 is 0 Å². The summed E-state index contributed by atoms with van der Waals surface area (Å²) >= 11 is 0. The second-order valence-corrected chi connectivity index (χ2v) is 4.67. The molecular formula is C18H15FN2O3. The predicted molar refractivity (Wildman–Crippen MR) is 87.0 cm³/mol.